The zero-order valence-electron chi connectivity index (χ0n) is 6.97. The fourth-order valence-electron chi connectivity index (χ4n) is 0.982. The fraction of sp³-hybridized carbons (Fsp3) is 0.125. The van der Waals surface area contributed by atoms with Crippen molar-refractivity contribution >= 4 is 39.4 Å². The maximum Gasteiger partial charge on any atom is 0.266 e. The Morgan fingerprint density at radius 3 is 2.67 bits per heavy atom. The van der Waals surface area contributed by atoms with E-state index in [1.54, 1.807) is 28.7 Å². The van der Waals surface area contributed by atoms with Gasteiger partial charge in [0.25, 0.3) is 11.7 Å². The first-order valence-corrected chi connectivity index (χ1v) is 5.01. The van der Waals surface area contributed by atoms with Crippen LogP contribution in [0.1, 0.15) is 27.9 Å². The molecule has 0 aromatic carbocycles. The van der Waals surface area contributed by atoms with Crippen molar-refractivity contribution in [3.63, 3.8) is 0 Å². The van der Waals surface area contributed by atoms with Gasteiger partial charge in [0, 0.05) is 11.8 Å². The molecule has 0 aliphatic rings. The van der Waals surface area contributed by atoms with Gasteiger partial charge in [-0.2, -0.15) is 5.26 Å². The van der Waals surface area contributed by atoms with Crippen LogP contribution in [0.2, 0.25) is 0 Å². The molecule has 15 heavy (non-hydrogen) atoms. The van der Waals surface area contributed by atoms with Crippen LogP contribution >= 0.6 is 34.2 Å². The summed E-state index contributed by atoms with van der Waals surface area (Å²) in [6, 6.07) is 1.63. The smallest absolute Gasteiger partial charge is 0.266 e. The average molecular weight is 342 g/mol. The van der Waals surface area contributed by atoms with Gasteiger partial charge in [0.15, 0.2) is 0 Å². The Balaban J connectivity index is 3.58. The predicted molar refractivity (Wildman–Crippen MR) is 56.8 cm³/mol. The molecule has 1 heterocycles. The summed E-state index contributed by atoms with van der Waals surface area (Å²) in [6.07, 6.45) is -2.04. The van der Waals surface area contributed by atoms with Crippen molar-refractivity contribution in [1.82, 2.24) is 4.98 Å². The summed E-state index contributed by atoms with van der Waals surface area (Å²) in [7, 11) is 0. The number of carbonyl (C=O) groups excluding carboxylic acids is 1. The van der Waals surface area contributed by atoms with Gasteiger partial charge in [0.1, 0.15) is 9.77 Å². The molecule has 0 fully saturated rings. The lowest BCUT2D eigenvalue weighted by molar-refractivity contribution is 0.106. The zero-order chi connectivity index (χ0) is 11.6. The van der Waals surface area contributed by atoms with Gasteiger partial charge >= 0.3 is 0 Å². The molecule has 0 N–H and O–H groups in total. The van der Waals surface area contributed by atoms with E-state index in [0.717, 1.165) is 6.20 Å². The number of pyridine rings is 1. The Morgan fingerprint density at radius 2 is 2.27 bits per heavy atom. The molecule has 0 spiro atoms. The molecule has 1 rings (SSSR count). The number of alkyl halides is 2. The molecular weight excluding hydrogens is 340 g/mol. The number of hydrogen-bond donors (Lipinski definition) is 0. The van der Waals surface area contributed by atoms with Gasteiger partial charge in [-0.1, -0.05) is 0 Å². The summed E-state index contributed by atoms with van der Waals surface area (Å²) < 4.78 is 25.1. The number of halogens is 4. The second-order valence-electron chi connectivity index (χ2n) is 2.44. The van der Waals surface area contributed by atoms with Crippen LogP contribution in [-0.4, -0.2) is 10.2 Å². The first-order valence-electron chi connectivity index (χ1n) is 3.55. The zero-order valence-corrected chi connectivity index (χ0v) is 9.88. The maximum absolute atomic E-state index is 12.5. The van der Waals surface area contributed by atoms with Gasteiger partial charge in [0.05, 0.1) is 11.1 Å². The highest BCUT2D eigenvalue weighted by atomic mass is 127. The molecule has 0 bridgehead atoms. The lowest BCUT2D eigenvalue weighted by Gasteiger charge is -2.06. The van der Waals surface area contributed by atoms with Crippen molar-refractivity contribution in [2.45, 2.75) is 6.43 Å². The second kappa shape index (κ2) is 4.81. The molecular formula is C8H2ClF2IN2O. The summed E-state index contributed by atoms with van der Waals surface area (Å²) in [6.45, 7) is 0. The van der Waals surface area contributed by atoms with Crippen molar-refractivity contribution in [2.24, 2.45) is 0 Å². The molecule has 7 heteroatoms. The molecule has 1 aromatic heterocycles. The lowest BCUT2D eigenvalue weighted by Crippen LogP contribution is -2.05. The molecule has 0 unspecified atom stereocenters. The minimum Gasteiger partial charge on any atom is -0.276 e. The minimum atomic E-state index is -2.89. The van der Waals surface area contributed by atoms with E-state index < -0.39 is 22.8 Å². The topological polar surface area (TPSA) is 53.8 Å². The summed E-state index contributed by atoms with van der Waals surface area (Å²) in [4.78, 5) is 14.5. The Bertz CT molecular complexity index is 459. The van der Waals surface area contributed by atoms with Crippen LogP contribution in [0, 0.1) is 15.0 Å². The highest BCUT2D eigenvalue weighted by Gasteiger charge is 2.23. The van der Waals surface area contributed by atoms with Crippen LogP contribution in [0.25, 0.3) is 0 Å². The third-order valence-electron chi connectivity index (χ3n) is 1.61. The van der Waals surface area contributed by atoms with Crippen LogP contribution in [0.4, 0.5) is 8.78 Å². The van der Waals surface area contributed by atoms with Crippen molar-refractivity contribution in [3.8, 4) is 6.07 Å². The first-order chi connectivity index (χ1) is 6.99. The van der Waals surface area contributed by atoms with Gasteiger partial charge in [-0.25, -0.2) is 13.8 Å². The quantitative estimate of drug-likeness (QED) is 0.472. The number of carbonyl (C=O) groups is 1. The highest BCUT2D eigenvalue weighted by Crippen LogP contribution is 2.27. The first kappa shape index (κ1) is 12.3. The molecule has 0 saturated carbocycles. The third-order valence-corrected chi connectivity index (χ3v) is 2.61. The molecule has 0 aliphatic heterocycles. The van der Waals surface area contributed by atoms with Gasteiger partial charge < -0.3 is 0 Å². The van der Waals surface area contributed by atoms with Gasteiger partial charge in [-0.15, -0.1) is 0 Å². The normalized spacial score (nSPS) is 10.1. The summed E-state index contributed by atoms with van der Waals surface area (Å²) in [5, 5.41) is 7.62. The van der Waals surface area contributed by atoms with Crippen LogP contribution in [0.5, 0.6) is 0 Å². The molecule has 0 atom stereocenters. The third kappa shape index (κ3) is 2.41. The molecule has 1 aromatic rings. The molecule has 0 amide bonds. The minimum absolute atomic E-state index is 0.170. The molecule has 78 valence electrons. The molecule has 3 nitrogen and oxygen atoms in total. The van der Waals surface area contributed by atoms with Gasteiger partial charge in [-0.3, -0.25) is 4.79 Å². The monoisotopic (exact) mass is 342 g/mol. The van der Waals surface area contributed by atoms with Gasteiger partial charge in [0.2, 0.25) is 0 Å². The van der Waals surface area contributed by atoms with E-state index in [2.05, 4.69) is 4.98 Å². The fourth-order valence-corrected chi connectivity index (χ4v) is 1.72. The van der Waals surface area contributed by atoms with E-state index >= 15 is 0 Å². The van der Waals surface area contributed by atoms with Crippen molar-refractivity contribution in [3.05, 3.63) is 26.6 Å². The SMILES string of the molecule is N#Cc1c(I)ncc(C(F)F)c1C(=O)Cl. The summed E-state index contributed by atoms with van der Waals surface area (Å²) in [5.74, 6) is 0. The number of hydrogen-bond acceptors (Lipinski definition) is 3. The number of aromatic nitrogens is 1. The van der Waals surface area contributed by atoms with Gasteiger partial charge in [-0.05, 0) is 34.2 Å². The molecule has 0 radical (unpaired) electrons. The second-order valence-corrected chi connectivity index (χ2v) is 3.81. The summed E-state index contributed by atoms with van der Waals surface area (Å²) in [5.41, 5.74) is -1.30. The van der Waals surface area contributed by atoms with Crippen LogP contribution in [0.15, 0.2) is 6.20 Å². The van der Waals surface area contributed by atoms with E-state index in [1.165, 1.54) is 0 Å². The Hall–Kier alpha value is -0.810. The van der Waals surface area contributed by atoms with E-state index in [9.17, 15) is 13.6 Å². The summed E-state index contributed by atoms with van der Waals surface area (Å²) >= 11 is 6.82. The van der Waals surface area contributed by atoms with Crippen LogP contribution < -0.4 is 0 Å². The highest BCUT2D eigenvalue weighted by molar-refractivity contribution is 14.1. The Morgan fingerprint density at radius 1 is 1.67 bits per heavy atom. The Kier molecular flexibility index (Phi) is 3.93. The predicted octanol–water partition coefficient (Wildman–Crippen LogP) is 2.87. The number of nitriles is 1. The van der Waals surface area contributed by atoms with Crippen molar-refractivity contribution in [2.75, 3.05) is 0 Å². The molecule has 0 aliphatic carbocycles. The van der Waals surface area contributed by atoms with E-state index in [1.807, 2.05) is 0 Å². The maximum atomic E-state index is 12.5. The van der Waals surface area contributed by atoms with Crippen molar-refractivity contribution < 1.29 is 13.6 Å². The largest absolute Gasteiger partial charge is 0.276 e. The van der Waals surface area contributed by atoms with Crippen molar-refractivity contribution in [1.29, 1.82) is 5.26 Å². The van der Waals surface area contributed by atoms with Crippen LogP contribution in [-0.2, 0) is 0 Å². The number of rotatable bonds is 2. The van der Waals surface area contributed by atoms with E-state index in [0.29, 0.717) is 0 Å². The van der Waals surface area contributed by atoms with Crippen LogP contribution in [0.3, 0.4) is 0 Å². The Labute approximate surface area is 102 Å². The molecule has 0 saturated heterocycles. The standard InChI is InChI=1S/C8H2ClF2IN2O/c9-6(15)5-3(1-13)8(12)14-2-4(5)7(10)11/h2,7H. The number of nitrogens with zero attached hydrogens (tertiary/aromatic N) is 2. The van der Waals surface area contributed by atoms with E-state index in [4.69, 9.17) is 16.9 Å². The lowest BCUT2D eigenvalue weighted by atomic mass is 10.1. The van der Waals surface area contributed by atoms with E-state index in [-0.39, 0.29) is 9.26 Å². The average Bonchev–Trinajstić information content (AvgIpc) is 2.16.